The summed E-state index contributed by atoms with van der Waals surface area (Å²) >= 11 is -0.942. The molecule has 1 aliphatic heterocycles. The monoisotopic (exact) mass is 912 g/mol. The maximum atomic E-state index is 14.8. The molecule has 1 aliphatic carbocycles. The quantitative estimate of drug-likeness (QED) is 0.0800. The van der Waals surface area contributed by atoms with Gasteiger partial charge in [0.05, 0.1) is 0 Å². The Balaban J connectivity index is 1.46. The minimum absolute atomic E-state index is 0.188. The molecule has 17 heteroatoms. The molecule has 2 aliphatic rings. The van der Waals surface area contributed by atoms with Gasteiger partial charge in [-0.3, -0.25) is 0 Å². The molecule has 4 aromatic rings. The minimum atomic E-state index is -2.35. The molecule has 6 rings (SSSR count). The fraction of sp³-hybridized carbons (Fsp3) is 0.429. The molecule has 0 saturated heterocycles. The molecule has 59 heavy (non-hydrogen) atoms. The summed E-state index contributed by atoms with van der Waals surface area (Å²) in [5.74, 6) is -26.6. The molecular formula is C42H42F10O4S2Ti. The summed E-state index contributed by atoms with van der Waals surface area (Å²) in [6.07, 6.45) is 5.67. The molecule has 0 amide bonds. The van der Waals surface area contributed by atoms with Crippen molar-refractivity contribution in [2.75, 3.05) is 0 Å². The third-order valence-corrected chi connectivity index (χ3v) is 26.4. The van der Waals surface area contributed by atoms with E-state index in [9.17, 15) is 54.1 Å². The average Bonchev–Trinajstić information content (AvgIpc) is 3.46. The first-order chi connectivity index (χ1) is 27.5. The van der Waals surface area contributed by atoms with Crippen molar-refractivity contribution in [3.63, 3.8) is 0 Å². The van der Waals surface area contributed by atoms with Crippen LogP contribution in [0.1, 0.15) is 102 Å². The van der Waals surface area contributed by atoms with Crippen molar-refractivity contribution >= 4 is 15.9 Å². The topological polar surface area (TPSA) is 58.9 Å². The Bertz CT molecular complexity index is 2200. The zero-order valence-corrected chi connectivity index (χ0v) is 36.1. The van der Waals surface area contributed by atoms with Gasteiger partial charge >= 0.3 is 347 Å². The number of phenolic OH excluding ortho intramolecular Hbond substituents is 2. The fourth-order valence-corrected chi connectivity index (χ4v) is 27.9. The van der Waals surface area contributed by atoms with E-state index in [0.29, 0.717) is 33.8 Å². The number of aromatic hydroxyl groups is 2. The van der Waals surface area contributed by atoms with E-state index >= 15 is 0 Å². The molecule has 2 N–H and O–H groups in total. The Morgan fingerprint density at radius 1 is 0.508 bits per heavy atom. The second-order valence-corrected chi connectivity index (χ2v) is 28.2. The Morgan fingerprint density at radius 2 is 0.814 bits per heavy atom. The fourth-order valence-electron chi connectivity index (χ4n) is 7.08. The number of ether oxygens (including phenoxy) is 2. The van der Waals surface area contributed by atoms with Crippen molar-refractivity contribution in [2.45, 2.75) is 113 Å². The van der Waals surface area contributed by atoms with Gasteiger partial charge in [-0.15, -0.1) is 0 Å². The molecule has 4 atom stereocenters. The van der Waals surface area contributed by atoms with Crippen LogP contribution in [0, 0.1) is 58.2 Å². The van der Waals surface area contributed by atoms with E-state index in [4.69, 9.17) is 9.47 Å². The van der Waals surface area contributed by atoms with Crippen molar-refractivity contribution in [3.8, 4) is 34.5 Å². The molecule has 0 bridgehead atoms. The molecule has 0 radical (unpaired) electrons. The molecule has 1 fully saturated rings. The van der Waals surface area contributed by atoms with Gasteiger partial charge in [0.1, 0.15) is 0 Å². The zero-order chi connectivity index (χ0) is 43.5. The number of rotatable bonds is 8. The third kappa shape index (κ3) is 9.07. The Morgan fingerprint density at radius 3 is 1.12 bits per heavy atom. The van der Waals surface area contributed by atoms with Crippen LogP contribution in [0.25, 0.3) is 0 Å². The molecular weight excluding hydrogens is 870 g/mol. The summed E-state index contributed by atoms with van der Waals surface area (Å²) in [6, 6.07) is 6.14. The van der Waals surface area contributed by atoms with Crippen LogP contribution in [0.15, 0.2) is 24.3 Å². The van der Waals surface area contributed by atoms with Gasteiger partial charge in [0, 0.05) is 0 Å². The molecule has 4 nitrogen and oxygen atoms in total. The van der Waals surface area contributed by atoms with Gasteiger partial charge in [-0.25, -0.2) is 0 Å². The predicted molar refractivity (Wildman–Crippen MR) is 204 cm³/mol. The first-order valence-corrected chi connectivity index (χ1v) is 25.5. The standard InChI is InChI=1S/C42H42F10O4S2.Ti/c1-41(2,3)21-13-19(37(53)23(15-21)55-39-33(49)29(45)27(43)30(46)34(39)50)17-57-25-11-9-7-8-10-12-26(25)58-18-20-14-22(42(4,5)6)16-24(38(20)54)56-40-35(51)31(47)28(44)32(48)36(40)52;/h13-16,25-26,53-54H,7-12,17-18H2,1-6H3;/t25-,26?;/m0./s1. The van der Waals surface area contributed by atoms with E-state index in [1.807, 2.05) is 41.5 Å². The summed E-state index contributed by atoms with van der Waals surface area (Å²) < 4.78 is 154. The molecule has 320 valence electrons. The van der Waals surface area contributed by atoms with Gasteiger partial charge in [0.25, 0.3) is 0 Å². The van der Waals surface area contributed by atoms with E-state index in [1.54, 1.807) is 12.1 Å². The van der Waals surface area contributed by atoms with Crippen LogP contribution in [0.3, 0.4) is 0 Å². The molecule has 4 aromatic carbocycles. The number of phenols is 2. The molecule has 1 heterocycles. The van der Waals surface area contributed by atoms with Crippen LogP contribution in [0.5, 0.6) is 34.5 Å². The summed E-state index contributed by atoms with van der Waals surface area (Å²) in [7, 11) is -0.686. The van der Waals surface area contributed by atoms with Gasteiger partial charge in [-0.2, -0.15) is 0 Å². The third-order valence-electron chi connectivity index (χ3n) is 10.5. The normalized spacial score (nSPS) is 19.7. The Hall–Kier alpha value is -3.21. The van der Waals surface area contributed by atoms with E-state index in [-0.39, 0.29) is 26.4 Å². The predicted octanol–water partition coefficient (Wildman–Crippen LogP) is 13.9. The van der Waals surface area contributed by atoms with Gasteiger partial charge in [0.2, 0.25) is 0 Å². The van der Waals surface area contributed by atoms with E-state index in [2.05, 4.69) is 0 Å². The van der Waals surface area contributed by atoms with Crippen LogP contribution >= 0.6 is 15.9 Å². The van der Waals surface area contributed by atoms with Crippen LogP contribution in [0.4, 0.5) is 43.9 Å². The molecule has 1 saturated carbocycles. The van der Waals surface area contributed by atoms with E-state index in [0.717, 1.165) is 38.5 Å². The summed E-state index contributed by atoms with van der Waals surface area (Å²) in [5, 5.41) is 23.5. The first kappa shape index (κ1) is 45.3. The van der Waals surface area contributed by atoms with E-state index < -0.39 is 119 Å². The average molecular weight is 913 g/mol. The van der Waals surface area contributed by atoms with Crippen molar-refractivity contribution in [2.24, 2.45) is 0 Å². The Labute approximate surface area is 345 Å². The molecule has 0 aromatic heterocycles. The number of fused-ring (bicyclic) bond motifs is 1. The summed E-state index contributed by atoms with van der Waals surface area (Å²) in [5.41, 5.74) is 0.699. The Kier molecular flexibility index (Phi) is 13.3. The van der Waals surface area contributed by atoms with Crippen LogP contribution in [-0.4, -0.2) is 20.7 Å². The van der Waals surface area contributed by atoms with Crippen molar-refractivity contribution in [1.29, 1.82) is 0 Å². The zero-order valence-electron chi connectivity index (χ0n) is 32.9. The summed E-state index contributed by atoms with van der Waals surface area (Å²) in [4.78, 5) is 0. The molecule has 3 unspecified atom stereocenters. The number of hydrogen-bond donors (Lipinski definition) is 2. The number of hydrogen-bond acceptors (Lipinski definition) is 4. The molecule has 0 spiro atoms. The van der Waals surface area contributed by atoms with E-state index in [1.165, 1.54) is 12.1 Å². The first-order valence-electron chi connectivity index (χ1n) is 18.8. The van der Waals surface area contributed by atoms with Gasteiger partial charge < -0.3 is 0 Å². The van der Waals surface area contributed by atoms with Gasteiger partial charge in [0.15, 0.2) is 0 Å². The summed E-state index contributed by atoms with van der Waals surface area (Å²) in [6.45, 7) is 11.1. The van der Waals surface area contributed by atoms with Crippen LogP contribution < -0.4 is 9.47 Å². The maximum absolute atomic E-state index is 14.8. The van der Waals surface area contributed by atoms with Crippen LogP contribution in [-0.2, 0) is 37.8 Å². The number of halogens is 10. The van der Waals surface area contributed by atoms with Crippen molar-refractivity contribution in [1.82, 2.24) is 0 Å². The SMILES string of the molecule is CC(C)(C)c1cc(C[S]2=[Ti]=[S](Cc3cc(C(C)(C)C)cc(Oc4c(F)c(F)c(F)c(F)c4F)c3O)[C@H]3CCCCCCC32)c(O)c(Oc2c(F)c(F)c(F)c(F)c2F)c1. The van der Waals surface area contributed by atoms with Gasteiger partial charge in [-0.05, 0) is 0 Å². The van der Waals surface area contributed by atoms with Gasteiger partial charge in [-0.1, -0.05) is 0 Å². The van der Waals surface area contributed by atoms with Crippen molar-refractivity contribution in [3.05, 3.63) is 105 Å². The van der Waals surface area contributed by atoms with Crippen LogP contribution in [0.2, 0.25) is 0 Å². The second-order valence-electron chi connectivity index (χ2n) is 16.8. The van der Waals surface area contributed by atoms with Crippen molar-refractivity contribution < 1.29 is 79.0 Å². The second kappa shape index (κ2) is 17.3. The number of benzene rings is 4.